The molecule has 0 amide bonds. The Kier molecular flexibility index (Phi) is 3.51. The molecule has 0 aliphatic carbocycles. The van der Waals surface area contributed by atoms with Gasteiger partial charge in [0.25, 0.3) is 5.56 Å². The summed E-state index contributed by atoms with van der Waals surface area (Å²) in [7, 11) is 1.50. The summed E-state index contributed by atoms with van der Waals surface area (Å²) in [6.07, 6.45) is 2.47. The first-order chi connectivity index (χ1) is 10.6. The Hall–Kier alpha value is -2.88. The van der Waals surface area contributed by atoms with Crippen LogP contribution in [-0.2, 0) is 0 Å². The highest BCUT2D eigenvalue weighted by Gasteiger charge is 2.08. The van der Waals surface area contributed by atoms with Crippen molar-refractivity contribution in [2.24, 2.45) is 0 Å². The van der Waals surface area contributed by atoms with Crippen LogP contribution >= 0.6 is 0 Å². The molecule has 1 aromatic heterocycles. The van der Waals surface area contributed by atoms with Crippen molar-refractivity contribution in [3.8, 4) is 11.4 Å². The van der Waals surface area contributed by atoms with Crippen molar-refractivity contribution in [3.63, 3.8) is 0 Å². The molecule has 3 rings (SSSR count). The maximum absolute atomic E-state index is 12.6. The molecule has 0 radical (unpaired) electrons. The van der Waals surface area contributed by atoms with Gasteiger partial charge in [0.1, 0.15) is 5.75 Å². The molecule has 1 heterocycles. The summed E-state index contributed by atoms with van der Waals surface area (Å²) in [6, 6.07) is 12.7. The minimum Gasteiger partial charge on any atom is -0.496 e. The number of pyridine rings is 1. The summed E-state index contributed by atoms with van der Waals surface area (Å²) in [4.78, 5) is 23.6. The van der Waals surface area contributed by atoms with Crippen molar-refractivity contribution in [3.05, 3.63) is 70.1 Å². The van der Waals surface area contributed by atoms with Gasteiger partial charge < -0.3 is 4.74 Å². The number of carbonyl (C=O) groups excluding carboxylic acids is 1. The van der Waals surface area contributed by atoms with Crippen LogP contribution < -0.4 is 10.3 Å². The van der Waals surface area contributed by atoms with Crippen molar-refractivity contribution in [2.45, 2.75) is 6.92 Å². The Balaban J connectivity index is 2.22. The van der Waals surface area contributed by atoms with Gasteiger partial charge >= 0.3 is 0 Å². The van der Waals surface area contributed by atoms with Crippen molar-refractivity contribution >= 4 is 17.1 Å². The van der Waals surface area contributed by atoms with Gasteiger partial charge in [0, 0.05) is 17.6 Å². The minimum absolute atomic E-state index is 0.0987. The van der Waals surface area contributed by atoms with E-state index in [0.717, 1.165) is 17.2 Å². The van der Waals surface area contributed by atoms with Crippen LogP contribution in [0.2, 0.25) is 0 Å². The molecule has 0 fully saturated rings. The monoisotopic (exact) mass is 293 g/mol. The number of fused-ring (bicyclic) bond motifs is 1. The van der Waals surface area contributed by atoms with Crippen molar-refractivity contribution in [1.29, 1.82) is 0 Å². The molecule has 0 saturated heterocycles. The predicted molar refractivity (Wildman–Crippen MR) is 86.2 cm³/mol. The smallest absolute Gasteiger partial charge is 0.262 e. The Morgan fingerprint density at radius 2 is 1.91 bits per heavy atom. The molecule has 110 valence electrons. The Morgan fingerprint density at radius 3 is 2.64 bits per heavy atom. The van der Waals surface area contributed by atoms with Gasteiger partial charge in [-0.3, -0.25) is 14.2 Å². The standard InChI is InChI=1S/C18H15NO3/c1-12-3-6-16-13(9-12)7-8-19(18(16)21)15-5-4-14(11-20)17(10-15)22-2/h3-11H,1-2H3. The molecular formula is C18H15NO3. The van der Waals surface area contributed by atoms with Gasteiger partial charge in [0.2, 0.25) is 0 Å². The van der Waals surface area contributed by atoms with Gasteiger partial charge in [-0.2, -0.15) is 0 Å². The number of carbonyl (C=O) groups is 1. The zero-order chi connectivity index (χ0) is 15.7. The summed E-state index contributed by atoms with van der Waals surface area (Å²) in [5.41, 5.74) is 2.13. The number of aldehydes is 1. The maximum Gasteiger partial charge on any atom is 0.262 e. The number of hydrogen-bond acceptors (Lipinski definition) is 3. The van der Waals surface area contributed by atoms with E-state index in [9.17, 15) is 9.59 Å². The fourth-order valence-electron chi connectivity index (χ4n) is 2.52. The van der Waals surface area contributed by atoms with Crippen molar-refractivity contribution in [2.75, 3.05) is 7.11 Å². The SMILES string of the molecule is COc1cc(-n2ccc3cc(C)ccc3c2=O)ccc1C=O. The third-order valence-corrected chi connectivity index (χ3v) is 3.68. The number of benzene rings is 2. The summed E-state index contributed by atoms with van der Waals surface area (Å²) >= 11 is 0. The topological polar surface area (TPSA) is 48.3 Å². The normalized spacial score (nSPS) is 10.6. The van der Waals surface area contributed by atoms with E-state index in [1.165, 1.54) is 7.11 Å². The lowest BCUT2D eigenvalue weighted by Crippen LogP contribution is -2.17. The molecule has 0 aliphatic rings. The minimum atomic E-state index is -0.0987. The zero-order valence-corrected chi connectivity index (χ0v) is 12.4. The van der Waals surface area contributed by atoms with Gasteiger partial charge in [-0.1, -0.05) is 17.7 Å². The number of nitrogens with zero attached hydrogens (tertiary/aromatic N) is 1. The third kappa shape index (κ3) is 2.29. The molecule has 2 aromatic carbocycles. The number of methoxy groups -OCH3 is 1. The third-order valence-electron chi connectivity index (χ3n) is 3.68. The zero-order valence-electron chi connectivity index (χ0n) is 12.4. The number of hydrogen-bond donors (Lipinski definition) is 0. The average Bonchev–Trinajstić information content (AvgIpc) is 2.54. The fraction of sp³-hybridized carbons (Fsp3) is 0.111. The van der Waals surface area contributed by atoms with Gasteiger partial charge in [0.15, 0.2) is 6.29 Å². The molecule has 3 aromatic rings. The lowest BCUT2D eigenvalue weighted by molar-refractivity contribution is 0.112. The lowest BCUT2D eigenvalue weighted by Gasteiger charge is -2.10. The Morgan fingerprint density at radius 1 is 1.09 bits per heavy atom. The van der Waals surface area contributed by atoms with E-state index < -0.39 is 0 Å². The second-order valence-corrected chi connectivity index (χ2v) is 5.13. The fourth-order valence-corrected chi connectivity index (χ4v) is 2.52. The van der Waals surface area contributed by atoms with E-state index in [4.69, 9.17) is 4.74 Å². The molecule has 0 spiro atoms. The molecule has 0 N–H and O–H groups in total. The summed E-state index contributed by atoms with van der Waals surface area (Å²) < 4.78 is 6.75. The van der Waals surface area contributed by atoms with Crippen LogP contribution in [0.25, 0.3) is 16.5 Å². The van der Waals surface area contributed by atoms with E-state index in [2.05, 4.69) is 0 Å². The van der Waals surface area contributed by atoms with Crippen molar-refractivity contribution < 1.29 is 9.53 Å². The van der Waals surface area contributed by atoms with Gasteiger partial charge in [-0.15, -0.1) is 0 Å². The van der Waals surface area contributed by atoms with E-state index >= 15 is 0 Å². The first-order valence-corrected chi connectivity index (χ1v) is 6.89. The van der Waals surface area contributed by atoms with Crippen LogP contribution in [0.5, 0.6) is 5.75 Å². The quantitative estimate of drug-likeness (QED) is 0.697. The second kappa shape index (κ2) is 5.48. The molecule has 0 unspecified atom stereocenters. The summed E-state index contributed by atoms with van der Waals surface area (Å²) in [6.45, 7) is 1.99. The molecular weight excluding hydrogens is 278 g/mol. The first-order valence-electron chi connectivity index (χ1n) is 6.89. The van der Waals surface area contributed by atoms with E-state index in [0.29, 0.717) is 22.4 Å². The molecule has 22 heavy (non-hydrogen) atoms. The predicted octanol–water partition coefficient (Wildman–Crippen LogP) is 3.12. The van der Waals surface area contributed by atoms with Crippen LogP contribution in [0.15, 0.2) is 53.5 Å². The first kappa shape index (κ1) is 14.1. The van der Waals surface area contributed by atoms with Gasteiger partial charge in [0.05, 0.1) is 18.4 Å². The molecule has 4 heteroatoms. The Bertz CT molecular complexity index is 925. The van der Waals surface area contributed by atoms with Crippen LogP contribution in [0, 0.1) is 6.92 Å². The van der Waals surface area contributed by atoms with Crippen LogP contribution in [0.4, 0.5) is 0 Å². The second-order valence-electron chi connectivity index (χ2n) is 5.13. The lowest BCUT2D eigenvalue weighted by atomic mass is 10.1. The number of rotatable bonds is 3. The Labute approximate surface area is 127 Å². The van der Waals surface area contributed by atoms with E-state index in [-0.39, 0.29) is 5.56 Å². The number of aromatic nitrogens is 1. The summed E-state index contributed by atoms with van der Waals surface area (Å²) in [5, 5.41) is 1.57. The van der Waals surface area contributed by atoms with E-state index in [1.807, 2.05) is 31.2 Å². The molecule has 0 aliphatic heterocycles. The van der Waals surface area contributed by atoms with Crippen LogP contribution in [0.1, 0.15) is 15.9 Å². The highest BCUT2D eigenvalue weighted by atomic mass is 16.5. The van der Waals surface area contributed by atoms with Gasteiger partial charge in [-0.25, -0.2) is 0 Å². The largest absolute Gasteiger partial charge is 0.496 e. The number of aryl methyl sites for hydroxylation is 1. The molecule has 4 nitrogen and oxygen atoms in total. The molecule has 0 saturated carbocycles. The van der Waals surface area contributed by atoms with Gasteiger partial charge in [-0.05, 0) is 36.6 Å². The molecule has 0 bridgehead atoms. The van der Waals surface area contributed by atoms with Crippen molar-refractivity contribution in [1.82, 2.24) is 4.57 Å². The van der Waals surface area contributed by atoms with E-state index in [1.54, 1.807) is 29.0 Å². The molecule has 0 atom stereocenters. The number of ether oxygens (including phenoxy) is 1. The summed E-state index contributed by atoms with van der Waals surface area (Å²) in [5.74, 6) is 0.448. The maximum atomic E-state index is 12.6. The highest BCUT2D eigenvalue weighted by Crippen LogP contribution is 2.21. The van der Waals surface area contributed by atoms with Crippen LogP contribution in [0.3, 0.4) is 0 Å². The highest BCUT2D eigenvalue weighted by molar-refractivity contribution is 5.83. The average molecular weight is 293 g/mol. The van der Waals surface area contributed by atoms with Crippen LogP contribution in [-0.4, -0.2) is 18.0 Å².